The van der Waals surface area contributed by atoms with Gasteiger partial charge in [-0.25, -0.2) is 0 Å². The van der Waals surface area contributed by atoms with E-state index in [1.165, 1.54) is 0 Å². The summed E-state index contributed by atoms with van der Waals surface area (Å²) < 4.78 is 17.9. The monoisotopic (exact) mass is 425 g/mol. The lowest BCUT2D eigenvalue weighted by Gasteiger charge is -2.26. The summed E-state index contributed by atoms with van der Waals surface area (Å²) in [6, 6.07) is 15.0. The first-order chi connectivity index (χ1) is 11.2. The molecule has 2 aromatic rings. The van der Waals surface area contributed by atoms with Crippen molar-refractivity contribution in [1.82, 2.24) is 5.32 Å². The average molecular weight is 425 g/mol. The van der Waals surface area contributed by atoms with Gasteiger partial charge in [0.1, 0.15) is 18.5 Å². The van der Waals surface area contributed by atoms with Crippen molar-refractivity contribution in [3.05, 3.63) is 52.1 Å². The van der Waals surface area contributed by atoms with Crippen LogP contribution in [0, 0.1) is 3.57 Å². The highest BCUT2D eigenvalue weighted by Crippen LogP contribution is 2.30. The first-order valence-electron chi connectivity index (χ1n) is 7.24. The van der Waals surface area contributed by atoms with Crippen molar-refractivity contribution in [1.29, 1.82) is 0 Å². The fraction of sp³-hybridized carbons (Fsp3) is 0.235. The van der Waals surface area contributed by atoms with Crippen molar-refractivity contribution in [2.45, 2.75) is 6.10 Å². The second-order valence-electron chi connectivity index (χ2n) is 5.04. The molecule has 5 nitrogen and oxygen atoms in total. The van der Waals surface area contributed by atoms with Crippen LogP contribution in [0.5, 0.6) is 17.2 Å². The SMILES string of the molecule is O=C(COc1ccc(I)cc1)NC[C@H]1COc2ccccc2O1. The van der Waals surface area contributed by atoms with Gasteiger partial charge in [0.25, 0.3) is 5.91 Å². The summed E-state index contributed by atoms with van der Waals surface area (Å²) in [5.41, 5.74) is 0. The molecule has 1 amide bonds. The zero-order valence-corrected chi connectivity index (χ0v) is 14.5. The maximum absolute atomic E-state index is 11.8. The van der Waals surface area contributed by atoms with Crippen molar-refractivity contribution in [2.75, 3.05) is 19.8 Å². The van der Waals surface area contributed by atoms with Gasteiger partial charge in [-0.15, -0.1) is 0 Å². The lowest BCUT2D eigenvalue weighted by molar-refractivity contribution is -0.123. The summed E-state index contributed by atoms with van der Waals surface area (Å²) in [5, 5.41) is 2.79. The molecule has 0 aliphatic carbocycles. The van der Waals surface area contributed by atoms with E-state index in [1.807, 2.05) is 48.5 Å². The summed E-state index contributed by atoms with van der Waals surface area (Å²) in [6.45, 7) is 0.767. The lowest BCUT2D eigenvalue weighted by atomic mass is 10.2. The number of fused-ring (bicyclic) bond motifs is 1. The first kappa shape index (κ1) is 15.9. The van der Waals surface area contributed by atoms with Crippen LogP contribution < -0.4 is 19.5 Å². The van der Waals surface area contributed by atoms with Crippen LogP contribution in [0.1, 0.15) is 0 Å². The number of carbonyl (C=O) groups is 1. The Balaban J connectivity index is 1.42. The second-order valence-corrected chi connectivity index (χ2v) is 6.29. The normalized spacial score (nSPS) is 15.8. The molecular weight excluding hydrogens is 409 g/mol. The van der Waals surface area contributed by atoms with E-state index in [1.54, 1.807) is 0 Å². The molecule has 23 heavy (non-hydrogen) atoms. The molecule has 3 rings (SSSR count). The molecule has 1 aliphatic rings. The van der Waals surface area contributed by atoms with Crippen LogP contribution in [-0.2, 0) is 4.79 Å². The van der Waals surface area contributed by atoms with Crippen LogP contribution in [0.25, 0.3) is 0 Å². The maximum atomic E-state index is 11.8. The standard InChI is InChI=1S/C17H16INO4/c18-12-5-7-13(8-6-12)21-11-17(20)19-9-14-10-22-15-3-1-2-4-16(15)23-14/h1-8,14H,9-11H2,(H,19,20)/t14-/m0/s1. The minimum atomic E-state index is -0.202. The molecule has 6 heteroatoms. The topological polar surface area (TPSA) is 56.8 Å². The van der Waals surface area contributed by atoms with Crippen LogP contribution in [0.15, 0.2) is 48.5 Å². The molecule has 1 heterocycles. The van der Waals surface area contributed by atoms with Gasteiger partial charge in [-0.1, -0.05) is 12.1 Å². The highest BCUT2D eigenvalue weighted by atomic mass is 127. The predicted octanol–water partition coefficient (Wildman–Crippen LogP) is 2.63. The van der Waals surface area contributed by atoms with E-state index in [0.717, 1.165) is 9.32 Å². The molecule has 0 radical (unpaired) electrons. The van der Waals surface area contributed by atoms with Crippen LogP contribution in [0.4, 0.5) is 0 Å². The fourth-order valence-electron chi connectivity index (χ4n) is 2.12. The van der Waals surface area contributed by atoms with Gasteiger partial charge < -0.3 is 19.5 Å². The number of benzene rings is 2. The predicted molar refractivity (Wildman–Crippen MR) is 94.0 cm³/mol. The van der Waals surface area contributed by atoms with Gasteiger partial charge in [0, 0.05) is 3.57 Å². The highest BCUT2D eigenvalue weighted by Gasteiger charge is 2.20. The second kappa shape index (κ2) is 7.54. The molecule has 1 aliphatic heterocycles. The van der Waals surface area contributed by atoms with E-state index < -0.39 is 0 Å². The quantitative estimate of drug-likeness (QED) is 0.749. The minimum Gasteiger partial charge on any atom is -0.486 e. The number of amides is 1. The summed E-state index contributed by atoms with van der Waals surface area (Å²) in [6.07, 6.45) is -0.202. The van der Waals surface area contributed by atoms with Gasteiger partial charge in [-0.2, -0.15) is 0 Å². The number of para-hydroxylation sites is 2. The number of halogens is 1. The molecule has 1 N–H and O–H groups in total. The summed E-state index contributed by atoms with van der Waals surface area (Å²) in [4.78, 5) is 11.8. The van der Waals surface area contributed by atoms with Crippen LogP contribution >= 0.6 is 22.6 Å². The van der Waals surface area contributed by atoms with Crippen molar-refractivity contribution in [3.63, 3.8) is 0 Å². The van der Waals surface area contributed by atoms with Gasteiger partial charge in [-0.05, 0) is 59.0 Å². The Morgan fingerprint density at radius 3 is 2.70 bits per heavy atom. The third kappa shape index (κ3) is 4.51. The highest BCUT2D eigenvalue weighted by molar-refractivity contribution is 14.1. The summed E-state index contributed by atoms with van der Waals surface area (Å²) >= 11 is 2.22. The minimum absolute atomic E-state index is 0.0231. The Morgan fingerprint density at radius 1 is 1.17 bits per heavy atom. The van der Waals surface area contributed by atoms with Crippen LogP contribution in [0.2, 0.25) is 0 Å². The van der Waals surface area contributed by atoms with E-state index in [4.69, 9.17) is 14.2 Å². The Hall–Kier alpha value is -1.96. The molecule has 0 saturated carbocycles. The van der Waals surface area contributed by atoms with Gasteiger partial charge in [-0.3, -0.25) is 4.79 Å². The van der Waals surface area contributed by atoms with Gasteiger partial charge >= 0.3 is 0 Å². The number of nitrogens with one attached hydrogen (secondary N) is 1. The molecular formula is C17H16INO4. The van der Waals surface area contributed by atoms with Crippen LogP contribution in [-0.4, -0.2) is 31.8 Å². The van der Waals surface area contributed by atoms with Crippen molar-refractivity contribution in [3.8, 4) is 17.2 Å². The zero-order chi connectivity index (χ0) is 16.1. The molecule has 0 spiro atoms. The van der Waals surface area contributed by atoms with Gasteiger partial charge in [0.05, 0.1) is 6.54 Å². The molecule has 0 saturated heterocycles. The maximum Gasteiger partial charge on any atom is 0.258 e. The zero-order valence-electron chi connectivity index (χ0n) is 12.3. The average Bonchev–Trinajstić information content (AvgIpc) is 2.59. The van der Waals surface area contributed by atoms with Gasteiger partial charge in [0.2, 0.25) is 0 Å². The van der Waals surface area contributed by atoms with Crippen molar-refractivity contribution >= 4 is 28.5 Å². The molecule has 120 valence electrons. The van der Waals surface area contributed by atoms with Crippen molar-refractivity contribution < 1.29 is 19.0 Å². The Kier molecular flexibility index (Phi) is 5.22. The largest absolute Gasteiger partial charge is 0.486 e. The number of ether oxygens (including phenoxy) is 3. The van der Waals surface area contributed by atoms with E-state index in [2.05, 4.69) is 27.9 Å². The van der Waals surface area contributed by atoms with E-state index in [-0.39, 0.29) is 18.6 Å². The Morgan fingerprint density at radius 2 is 1.91 bits per heavy atom. The molecule has 0 fully saturated rings. The molecule has 0 aromatic heterocycles. The van der Waals surface area contributed by atoms with Crippen LogP contribution in [0.3, 0.4) is 0 Å². The van der Waals surface area contributed by atoms with E-state index in [0.29, 0.717) is 24.7 Å². The number of hydrogen-bond donors (Lipinski definition) is 1. The number of hydrogen-bond acceptors (Lipinski definition) is 4. The molecule has 0 unspecified atom stereocenters. The molecule has 1 atom stereocenters. The number of rotatable bonds is 5. The lowest BCUT2D eigenvalue weighted by Crippen LogP contribution is -2.42. The van der Waals surface area contributed by atoms with E-state index >= 15 is 0 Å². The summed E-state index contributed by atoms with van der Waals surface area (Å²) in [7, 11) is 0. The third-order valence-electron chi connectivity index (χ3n) is 3.28. The van der Waals surface area contributed by atoms with Crippen molar-refractivity contribution in [2.24, 2.45) is 0 Å². The third-order valence-corrected chi connectivity index (χ3v) is 4.00. The van der Waals surface area contributed by atoms with E-state index in [9.17, 15) is 4.79 Å². The molecule has 0 bridgehead atoms. The Labute approximate surface area is 148 Å². The smallest absolute Gasteiger partial charge is 0.258 e. The fourth-order valence-corrected chi connectivity index (χ4v) is 2.48. The molecule has 2 aromatic carbocycles. The van der Waals surface area contributed by atoms with Gasteiger partial charge in [0.15, 0.2) is 18.1 Å². The summed E-state index contributed by atoms with van der Waals surface area (Å²) in [5.74, 6) is 1.92. The number of carbonyl (C=O) groups excluding carboxylic acids is 1. The first-order valence-corrected chi connectivity index (χ1v) is 8.32. The Bertz CT molecular complexity index is 675.